The molecule has 1 aromatic rings. The lowest BCUT2D eigenvalue weighted by Gasteiger charge is -2.32. The molecule has 1 saturated heterocycles. The predicted molar refractivity (Wildman–Crippen MR) is 86.6 cm³/mol. The lowest BCUT2D eigenvalue weighted by atomic mass is 9.95. The zero-order chi connectivity index (χ0) is 13.8. The second-order valence-electron chi connectivity index (χ2n) is 5.99. The molecule has 0 bridgehead atoms. The molecule has 1 fully saturated rings. The van der Waals surface area contributed by atoms with Crippen LogP contribution in [0.2, 0.25) is 0 Å². The maximum Gasteiger partial charge on any atom is 0.0425 e. The second-order valence-corrected chi connectivity index (χ2v) is 6.90. The third kappa shape index (κ3) is 3.96. The van der Waals surface area contributed by atoms with E-state index in [0.29, 0.717) is 5.92 Å². The summed E-state index contributed by atoms with van der Waals surface area (Å²) in [5.74, 6) is 0.632. The van der Waals surface area contributed by atoms with E-state index in [1.165, 1.54) is 30.5 Å². The Bertz CT molecular complexity index is 411. The average molecular weight is 325 g/mol. The average Bonchev–Trinajstić information content (AvgIpc) is 2.38. The Morgan fingerprint density at radius 2 is 1.89 bits per heavy atom. The number of piperidine rings is 1. The molecule has 2 N–H and O–H groups in total. The van der Waals surface area contributed by atoms with Crippen LogP contribution in [0, 0.1) is 5.92 Å². The van der Waals surface area contributed by atoms with E-state index in [4.69, 9.17) is 5.73 Å². The van der Waals surface area contributed by atoms with Crippen LogP contribution in [0.15, 0.2) is 22.7 Å². The van der Waals surface area contributed by atoms with Crippen molar-refractivity contribution >= 4 is 21.6 Å². The molecule has 2 nitrogen and oxygen atoms in total. The monoisotopic (exact) mass is 324 g/mol. The van der Waals surface area contributed by atoms with Crippen molar-refractivity contribution in [2.45, 2.75) is 45.6 Å². The fourth-order valence-electron chi connectivity index (χ4n) is 2.87. The van der Waals surface area contributed by atoms with E-state index in [1.807, 2.05) is 0 Å². The minimum Gasteiger partial charge on any atom is -0.371 e. The number of nitrogens with two attached hydrogens (primary N) is 1. The summed E-state index contributed by atoms with van der Waals surface area (Å²) < 4.78 is 1.15. The molecule has 1 unspecified atom stereocenters. The van der Waals surface area contributed by atoms with Crippen molar-refractivity contribution in [1.82, 2.24) is 0 Å². The minimum absolute atomic E-state index is 0.144. The maximum atomic E-state index is 6.41. The molecule has 1 aromatic carbocycles. The van der Waals surface area contributed by atoms with E-state index < -0.39 is 0 Å². The van der Waals surface area contributed by atoms with Crippen LogP contribution in [0.25, 0.3) is 0 Å². The van der Waals surface area contributed by atoms with Crippen molar-refractivity contribution in [1.29, 1.82) is 0 Å². The topological polar surface area (TPSA) is 29.3 Å². The van der Waals surface area contributed by atoms with Gasteiger partial charge in [-0.2, -0.15) is 0 Å². The van der Waals surface area contributed by atoms with Gasteiger partial charge in [0.05, 0.1) is 0 Å². The van der Waals surface area contributed by atoms with Gasteiger partial charge in [0, 0.05) is 29.3 Å². The normalized spacial score (nSPS) is 17.8. The Morgan fingerprint density at radius 3 is 2.53 bits per heavy atom. The number of benzene rings is 1. The Hall–Kier alpha value is -0.540. The molecule has 1 atom stereocenters. The van der Waals surface area contributed by atoms with Gasteiger partial charge in [-0.25, -0.2) is 0 Å². The molecule has 1 aliphatic heterocycles. The van der Waals surface area contributed by atoms with Crippen molar-refractivity contribution < 1.29 is 0 Å². The van der Waals surface area contributed by atoms with Crippen molar-refractivity contribution in [3.05, 3.63) is 28.2 Å². The third-order valence-corrected chi connectivity index (χ3v) is 4.31. The molecule has 1 heterocycles. The van der Waals surface area contributed by atoms with E-state index in [-0.39, 0.29) is 6.04 Å². The molecule has 0 aliphatic carbocycles. The van der Waals surface area contributed by atoms with Gasteiger partial charge in [-0.15, -0.1) is 0 Å². The Labute approximate surface area is 125 Å². The van der Waals surface area contributed by atoms with E-state index in [1.54, 1.807) is 0 Å². The molecule has 106 valence electrons. The highest BCUT2D eigenvalue weighted by molar-refractivity contribution is 9.10. The number of nitrogens with zero attached hydrogens (tertiary/aromatic N) is 1. The summed E-state index contributed by atoms with van der Waals surface area (Å²) in [5.41, 5.74) is 9.05. The minimum atomic E-state index is 0.144. The van der Waals surface area contributed by atoms with Gasteiger partial charge in [0.15, 0.2) is 0 Å². The van der Waals surface area contributed by atoms with Crippen LogP contribution < -0.4 is 10.6 Å². The van der Waals surface area contributed by atoms with Crippen LogP contribution in [0.4, 0.5) is 5.69 Å². The first-order valence-electron chi connectivity index (χ1n) is 7.38. The Morgan fingerprint density at radius 1 is 1.21 bits per heavy atom. The van der Waals surface area contributed by atoms with Crippen LogP contribution in [-0.2, 0) is 0 Å². The smallest absolute Gasteiger partial charge is 0.0425 e. The van der Waals surface area contributed by atoms with Gasteiger partial charge in [0.25, 0.3) is 0 Å². The van der Waals surface area contributed by atoms with Crippen molar-refractivity contribution in [2.24, 2.45) is 11.7 Å². The molecule has 0 radical (unpaired) electrons. The number of anilines is 1. The second kappa shape index (κ2) is 6.76. The number of hydrogen-bond donors (Lipinski definition) is 1. The first-order valence-corrected chi connectivity index (χ1v) is 8.17. The summed E-state index contributed by atoms with van der Waals surface area (Å²) in [4.78, 5) is 2.50. The standard InChI is InChI=1S/C16H25BrN2/c1-12(2)10-15(18)14-7-6-13(17)11-16(14)19-8-4-3-5-9-19/h6-7,11-12,15H,3-5,8-10,18H2,1-2H3. The number of rotatable bonds is 4. The predicted octanol–water partition coefficient (Wildman–Crippen LogP) is 4.49. The molecular weight excluding hydrogens is 300 g/mol. The molecule has 2 rings (SSSR count). The highest BCUT2D eigenvalue weighted by atomic mass is 79.9. The lowest BCUT2D eigenvalue weighted by molar-refractivity contribution is 0.506. The van der Waals surface area contributed by atoms with Gasteiger partial charge in [0.1, 0.15) is 0 Å². The summed E-state index contributed by atoms with van der Waals surface area (Å²) in [7, 11) is 0. The largest absolute Gasteiger partial charge is 0.371 e. The van der Waals surface area contributed by atoms with Crippen LogP contribution in [0.5, 0.6) is 0 Å². The fourth-order valence-corrected chi connectivity index (χ4v) is 3.22. The third-order valence-electron chi connectivity index (χ3n) is 3.81. The fraction of sp³-hybridized carbons (Fsp3) is 0.625. The summed E-state index contributed by atoms with van der Waals surface area (Å²) in [5, 5.41) is 0. The van der Waals surface area contributed by atoms with Gasteiger partial charge in [0.2, 0.25) is 0 Å². The van der Waals surface area contributed by atoms with Crippen LogP contribution in [-0.4, -0.2) is 13.1 Å². The quantitative estimate of drug-likeness (QED) is 0.884. The summed E-state index contributed by atoms with van der Waals surface area (Å²) >= 11 is 3.60. The molecule has 0 amide bonds. The lowest BCUT2D eigenvalue weighted by Crippen LogP contribution is -2.31. The first kappa shape index (κ1) is 14.9. The van der Waals surface area contributed by atoms with Crippen LogP contribution in [0.3, 0.4) is 0 Å². The zero-order valence-corrected chi connectivity index (χ0v) is 13.6. The highest BCUT2D eigenvalue weighted by Gasteiger charge is 2.19. The zero-order valence-electron chi connectivity index (χ0n) is 12.0. The molecule has 0 spiro atoms. The van der Waals surface area contributed by atoms with E-state index in [0.717, 1.165) is 24.0 Å². The van der Waals surface area contributed by atoms with Crippen LogP contribution in [0.1, 0.15) is 51.1 Å². The van der Waals surface area contributed by atoms with Gasteiger partial charge in [-0.1, -0.05) is 35.8 Å². The molecule has 3 heteroatoms. The molecule has 0 saturated carbocycles. The maximum absolute atomic E-state index is 6.41. The number of halogens is 1. The Kier molecular flexibility index (Phi) is 5.28. The molecule has 1 aliphatic rings. The SMILES string of the molecule is CC(C)CC(N)c1ccc(Br)cc1N1CCCCC1. The Balaban J connectivity index is 2.26. The summed E-state index contributed by atoms with van der Waals surface area (Å²) in [6, 6.07) is 6.69. The molecule has 19 heavy (non-hydrogen) atoms. The molecule has 0 aromatic heterocycles. The van der Waals surface area contributed by atoms with Crippen molar-refractivity contribution in [2.75, 3.05) is 18.0 Å². The first-order chi connectivity index (χ1) is 9.08. The van der Waals surface area contributed by atoms with Crippen molar-refractivity contribution in [3.63, 3.8) is 0 Å². The van der Waals surface area contributed by atoms with Gasteiger partial charge in [-0.3, -0.25) is 0 Å². The van der Waals surface area contributed by atoms with E-state index >= 15 is 0 Å². The summed E-state index contributed by atoms with van der Waals surface area (Å²) in [6.07, 6.45) is 5.00. The van der Waals surface area contributed by atoms with Crippen LogP contribution >= 0.6 is 15.9 Å². The van der Waals surface area contributed by atoms with Gasteiger partial charge < -0.3 is 10.6 Å². The number of hydrogen-bond acceptors (Lipinski definition) is 2. The van der Waals surface area contributed by atoms with Gasteiger partial charge in [-0.05, 0) is 49.3 Å². The van der Waals surface area contributed by atoms with Crippen molar-refractivity contribution in [3.8, 4) is 0 Å². The highest BCUT2D eigenvalue weighted by Crippen LogP contribution is 2.33. The van der Waals surface area contributed by atoms with E-state index in [9.17, 15) is 0 Å². The molecular formula is C16H25BrN2. The van der Waals surface area contributed by atoms with E-state index in [2.05, 4.69) is 52.9 Å². The van der Waals surface area contributed by atoms with Gasteiger partial charge >= 0.3 is 0 Å². The summed E-state index contributed by atoms with van der Waals surface area (Å²) in [6.45, 7) is 6.80.